The summed E-state index contributed by atoms with van der Waals surface area (Å²) in [5.74, 6) is 0.633. The van der Waals surface area contributed by atoms with Crippen LogP contribution >= 0.6 is 0 Å². The Hall–Kier alpha value is -2.94. The lowest BCUT2D eigenvalue weighted by molar-refractivity contribution is -0.134. The number of fused-ring (bicyclic) bond motifs is 2. The van der Waals surface area contributed by atoms with Crippen molar-refractivity contribution in [3.8, 4) is 0 Å². The van der Waals surface area contributed by atoms with Gasteiger partial charge in [-0.3, -0.25) is 14.5 Å². The van der Waals surface area contributed by atoms with Crippen molar-refractivity contribution >= 4 is 16.8 Å². The second kappa shape index (κ2) is 11.4. The summed E-state index contributed by atoms with van der Waals surface area (Å²) in [5, 5.41) is 8.53. The fourth-order valence-corrected chi connectivity index (χ4v) is 5.91. The van der Waals surface area contributed by atoms with Crippen LogP contribution in [0.15, 0.2) is 36.7 Å². The number of hydrogen-bond donors (Lipinski definition) is 1. The molecule has 2 aromatic heterocycles. The van der Waals surface area contributed by atoms with Crippen LogP contribution in [0.25, 0.3) is 10.9 Å². The van der Waals surface area contributed by atoms with Crippen molar-refractivity contribution in [2.75, 3.05) is 19.6 Å². The van der Waals surface area contributed by atoms with Crippen molar-refractivity contribution in [2.24, 2.45) is 13.0 Å². The fraction of sp³-hybridized carbons (Fsp3) is 0.552. The predicted octanol–water partition coefficient (Wildman–Crippen LogP) is 5.24. The van der Waals surface area contributed by atoms with Crippen LogP contribution in [0.5, 0.6) is 0 Å². The maximum absolute atomic E-state index is 13.0. The highest BCUT2D eigenvalue weighted by Crippen LogP contribution is 2.28. The minimum absolute atomic E-state index is 0.00420. The third-order valence-electron chi connectivity index (χ3n) is 8.12. The number of nitrogens with one attached hydrogen (secondary N) is 1. The van der Waals surface area contributed by atoms with Gasteiger partial charge < -0.3 is 10.2 Å². The standard InChI is InChI=1S/C29H36F3N5O/c1-36-19-25-24(3-2-4-27(25)35-36)28(38)34-23-7-5-20(6-8-23)10-14-37-15-11-22-17-21(9-13-29(30,31)32)18-33-26(22)12-16-37/h2-4,17-20,23H,5-16H2,1H3,(H,34,38)/t20-,23-. The normalized spacial score (nSPS) is 20.7. The number of pyridine rings is 1. The molecule has 0 atom stereocenters. The van der Waals surface area contributed by atoms with Crippen LogP contribution in [0.1, 0.15) is 65.7 Å². The fourth-order valence-electron chi connectivity index (χ4n) is 5.91. The van der Waals surface area contributed by atoms with Gasteiger partial charge in [-0.25, -0.2) is 0 Å². The molecule has 3 aromatic rings. The molecule has 1 aliphatic heterocycles. The number of halogens is 3. The first-order valence-electron chi connectivity index (χ1n) is 13.7. The maximum atomic E-state index is 13.0. The van der Waals surface area contributed by atoms with E-state index in [4.69, 9.17) is 0 Å². The van der Waals surface area contributed by atoms with Crippen molar-refractivity contribution in [3.05, 3.63) is 59.0 Å². The van der Waals surface area contributed by atoms with Gasteiger partial charge in [0.25, 0.3) is 5.91 Å². The number of carbonyl (C=O) groups is 1. The third kappa shape index (κ3) is 6.73. The van der Waals surface area contributed by atoms with Gasteiger partial charge in [-0.1, -0.05) is 12.1 Å². The van der Waals surface area contributed by atoms with Crippen molar-refractivity contribution in [2.45, 2.75) is 70.0 Å². The van der Waals surface area contributed by atoms with E-state index in [0.29, 0.717) is 17.0 Å². The Morgan fingerprint density at radius 2 is 1.92 bits per heavy atom. The van der Waals surface area contributed by atoms with E-state index in [0.717, 1.165) is 86.7 Å². The molecule has 9 heteroatoms. The quantitative estimate of drug-likeness (QED) is 0.456. The Labute approximate surface area is 221 Å². The van der Waals surface area contributed by atoms with Crippen LogP contribution in [-0.2, 0) is 26.3 Å². The van der Waals surface area contributed by atoms with Crippen LogP contribution in [-0.4, -0.2) is 57.4 Å². The zero-order chi connectivity index (χ0) is 26.7. The molecule has 6 nitrogen and oxygen atoms in total. The van der Waals surface area contributed by atoms with Crippen LogP contribution in [0.3, 0.4) is 0 Å². The Bertz CT molecular complexity index is 1260. The third-order valence-corrected chi connectivity index (χ3v) is 8.12. The average Bonchev–Trinajstić information content (AvgIpc) is 3.16. The molecule has 1 amide bonds. The van der Waals surface area contributed by atoms with Gasteiger partial charge in [0.2, 0.25) is 0 Å². The molecule has 1 aliphatic carbocycles. The summed E-state index contributed by atoms with van der Waals surface area (Å²) in [6, 6.07) is 7.81. The Morgan fingerprint density at radius 1 is 1.13 bits per heavy atom. The molecule has 38 heavy (non-hydrogen) atoms. The zero-order valence-electron chi connectivity index (χ0n) is 21.9. The number of benzene rings is 1. The molecule has 1 aromatic carbocycles. The van der Waals surface area contributed by atoms with Gasteiger partial charge in [0.15, 0.2) is 0 Å². The maximum Gasteiger partial charge on any atom is 0.389 e. The van der Waals surface area contributed by atoms with E-state index in [1.165, 1.54) is 0 Å². The first-order valence-corrected chi connectivity index (χ1v) is 13.7. The van der Waals surface area contributed by atoms with Crippen LogP contribution < -0.4 is 5.32 Å². The minimum Gasteiger partial charge on any atom is -0.349 e. The van der Waals surface area contributed by atoms with Crippen molar-refractivity contribution in [1.82, 2.24) is 25.0 Å². The van der Waals surface area contributed by atoms with Gasteiger partial charge in [0.05, 0.1) is 11.1 Å². The van der Waals surface area contributed by atoms with Gasteiger partial charge >= 0.3 is 6.18 Å². The van der Waals surface area contributed by atoms with Gasteiger partial charge in [0.1, 0.15) is 0 Å². The molecule has 0 saturated heterocycles. The van der Waals surface area contributed by atoms with E-state index in [9.17, 15) is 18.0 Å². The second-order valence-corrected chi connectivity index (χ2v) is 10.9. The molecule has 204 valence electrons. The second-order valence-electron chi connectivity index (χ2n) is 10.9. The summed E-state index contributed by atoms with van der Waals surface area (Å²) >= 11 is 0. The van der Waals surface area contributed by atoms with Crippen LogP contribution in [0.2, 0.25) is 0 Å². The molecule has 1 fully saturated rings. The molecule has 0 unspecified atom stereocenters. The highest BCUT2D eigenvalue weighted by Gasteiger charge is 2.27. The molecule has 0 spiro atoms. The Balaban J connectivity index is 1.06. The molecule has 0 bridgehead atoms. The number of carbonyl (C=O) groups excluding carboxylic acids is 1. The summed E-state index contributed by atoms with van der Waals surface area (Å²) in [7, 11) is 1.86. The number of nitrogens with zero attached hydrogens (tertiary/aromatic N) is 4. The zero-order valence-corrected chi connectivity index (χ0v) is 21.9. The number of hydrogen-bond acceptors (Lipinski definition) is 4. The van der Waals surface area contributed by atoms with Crippen molar-refractivity contribution < 1.29 is 18.0 Å². The molecule has 1 saturated carbocycles. The first kappa shape index (κ1) is 26.7. The van der Waals surface area contributed by atoms with E-state index in [-0.39, 0.29) is 18.4 Å². The minimum atomic E-state index is -4.14. The van der Waals surface area contributed by atoms with Gasteiger partial charge in [-0.2, -0.15) is 18.3 Å². The summed E-state index contributed by atoms with van der Waals surface area (Å²) in [4.78, 5) is 19.9. The number of aromatic nitrogens is 3. The van der Waals surface area contributed by atoms with Gasteiger partial charge in [0, 0.05) is 62.5 Å². The SMILES string of the molecule is Cn1cc2c(C(=O)N[C@H]3CC[C@H](CCN4CCc5cc(CCC(F)(F)F)cnc5CC4)CC3)cccc2n1. The molecule has 1 N–H and O–H groups in total. The summed E-state index contributed by atoms with van der Waals surface area (Å²) in [6.07, 6.45) is 5.61. The number of alkyl halides is 3. The van der Waals surface area contributed by atoms with E-state index in [1.807, 2.05) is 37.5 Å². The highest BCUT2D eigenvalue weighted by atomic mass is 19.4. The smallest absolute Gasteiger partial charge is 0.349 e. The summed E-state index contributed by atoms with van der Waals surface area (Å²) in [5.41, 5.74) is 4.32. The lowest BCUT2D eigenvalue weighted by Crippen LogP contribution is -2.38. The molecule has 2 aliphatic rings. The predicted molar refractivity (Wildman–Crippen MR) is 141 cm³/mol. The van der Waals surface area contributed by atoms with E-state index >= 15 is 0 Å². The molecule has 3 heterocycles. The lowest BCUT2D eigenvalue weighted by Gasteiger charge is -2.30. The van der Waals surface area contributed by atoms with Crippen molar-refractivity contribution in [1.29, 1.82) is 0 Å². The first-order chi connectivity index (χ1) is 18.2. The highest BCUT2D eigenvalue weighted by molar-refractivity contribution is 6.06. The topological polar surface area (TPSA) is 63.1 Å². The summed E-state index contributed by atoms with van der Waals surface area (Å²) < 4.78 is 39.5. The molecular weight excluding hydrogens is 491 g/mol. The van der Waals surface area contributed by atoms with E-state index in [2.05, 4.69) is 20.3 Å². The van der Waals surface area contributed by atoms with Crippen molar-refractivity contribution in [3.63, 3.8) is 0 Å². The Kier molecular flexibility index (Phi) is 8.02. The molecule has 5 rings (SSSR count). The average molecular weight is 528 g/mol. The number of aryl methyl sites for hydroxylation is 2. The Morgan fingerprint density at radius 3 is 2.71 bits per heavy atom. The van der Waals surface area contributed by atoms with Crippen LogP contribution in [0, 0.1) is 5.92 Å². The van der Waals surface area contributed by atoms with Gasteiger partial charge in [-0.15, -0.1) is 0 Å². The monoisotopic (exact) mass is 527 g/mol. The van der Waals surface area contributed by atoms with Gasteiger partial charge in [-0.05, 0) is 80.7 Å². The lowest BCUT2D eigenvalue weighted by atomic mass is 9.84. The van der Waals surface area contributed by atoms with E-state index < -0.39 is 12.6 Å². The number of rotatable bonds is 7. The molecule has 0 radical (unpaired) electrons. The number of amides is 1. The molecular formula is C29H36F3N5O. The van der Waals surface area contributed by atoms with Crippen LogP contribution in [0.4, 0.5) is 13.2 Å². The largest absolute Gasteiger partial charge is 0.389 e. The summed E-state index contributed by atoms with van der Waals surface area (Å²) in [6.45, 7) is 2.88. The van der Waals surface area contributed by atoms with E-state index in [1.54, 1.807) is 10.9 Å².